The molecule has 2 aromatic carbocycles. The minimum Gasteiger partial charge on any atom is -0.444 e. The number of nitrogens with zero attached hydrogens (tertiary/aromatic N) is 2. The van der Waals surface area contributed by atoms with Crippen LogP contribution in [-0.2, 0) is 11.2 Å². The minimum atomic E-state index is -0.555. The van der Waals surface area contributed by atoms with Crippen molar-refractivity contribution in [3.8, 4) is 11.5 Å². The Morgan fingerprint density at radius 3 is 2.48 bits per heavy atom. The van der Waals surface area contributed by atoms with Crippen molar-refractivity contribution < 1.29 is 22.8 Å². The number of likely N-dealkylation sites (tertiary alicyclic amines) is 1. The first-order valence-corrected chi connectivity index (χ1v) is 10.0. The molecule has 1 aromatic heterocycles. The van der Waals surface area contributed by atoms with Crippen LogP contribution in [0.15, 0.2) is 59.2 Å². The highest BCUT2D eigenvalue weighted by molar-refractivity contribution is 5.94. The van der Waals surface area contributed by atoms with E-state index in [1.165, 1.54) is 36.6 Å². The highest BCUT2D eigenvalue weighted by Gasteiger charge is 2.25. The molecule has 0 spiro atoms. The number of hydrogen-bond acceptors (Lipinski definition) is 4. The van der Waals surface area contributed by atoms with Crippen LogP contribution in [0.1, 0.15) is 28.9 Å². The molecular formula is C23H21F2N3O3. The smallest absolute Gasteiger partial charge is 0.254 e. The maximum absolute atomic E-state index is 13.8. The number of benzene rings is 2. The zero-order valence-corrected chi connectivity index (χ0v) is 16.7. The fourth-order valence-electron chi connectivity index (χ4n) is 3.56. The number of hydrogen-bond donors (Lipinski definition) is 1. The monoisotopic (exact) mass is 425 g/mol. The van der Waals surface area contributed by atoms with Crippen molar-refractivity contribution in [2.45, 2.75) is 25.3 Å². The summed E-state index contributed by atoms with van der Waals surface area (Å²) in [6, 6.07) is 11.5. The molecule has 0 saturated carbocycles. The molecule has 1 aliphatic heterocycles. The molecule has 3 aromatic rings. The second-order valence-electron chi connectivity index (χ2n) is 7.44. The summed E-state index contributed by atoms with van der Waals surface area (Å²) in [5.41, 5.74) is 1.15. The van der Waals surface area contributed by atoms with Crippen molar-refractivity contribution in [1.29, 1.82) is 0 Å². The van der Waals surface area contributed by atoms with E-state index < -0.39 is 11.7 Å². The molecule has 0 bridgehead atoms. The van der Waals surface area contributed by atoms with Gasteiger partial charge >= 0.3 is 0 Å². The zero-order chi connectivity index (χ0) is 21.8. The Hall–Kier alpha value is -3.55. The third-order valence-corrected chi connectivity index (χ3v) is 5.28. The number of halogens is 2. The van der Waals surface area contributed by atoms with Crippen LogP contribution in [0.5, 0.6) is 0 Å². The van der Waals surface area contributed by atoms with Crippen molar-refractivity contribution in [2.75, 3.05) is 13.1 Å². The average Bonchev–Trinajstić information content (AvgIpc) is 3.23. The van der Waals surface area contributed by atoms with Crippen molar-refractivity contribution in [3.05, 3.63) is 77.7 Å². The number of rotatable bonds is 5. The van der Waals surface area contributed by atoms with Gasteiger partial charge in [-0.3, -0.25) is 9.59 Å². The molecule has 31 heavy (non-hydrogen) atoms. The van der Waals surface area contributed by atoms with Gasteiger partial charge in [-0.25, -0.2) is 13.8 Å². The summed E-state index contributed by atoms with van der Waals surface area (Å²) in [5.74, 6) is -1.10. The van der Waals surface area contributed by atoms with Gasteiger partial charge in [-0.05, 0) is 49.2 Å². The number of nitrogens with one attached hydrogen (secondary N) is 1. The van der Waals surface area contributed by atoms with Crippen molar-refractivity contribution in [2.24, 2.45) is 0 Å². The van der Waals surface area contributed by atoms with Gasteiger partial charge in [0.05, 0.1) is 17.7 Å². The summed E-state index contributed by atoms with van der Waals surface area (Å²) >= 11 is 0. The highest BCUT2D eigenvalue weighted by Crippen LogP contribution is 2.20. The van der Waals surface area contributed by atoms with E-state index in [0.29, 0.717) is 43.1 Å². The maximum atomic E-state index is 13.8. The predicted octanol–water partition coefficient (Wildman–Crippen LogP) is 3.58. The van der Waals surface area contributed by atoms with Crippen LogP contribution in [0.4, 0.5) is 8.78 Å². The zero-order valence-electron chi connectivity index (χ0n) is 16.7. The highest BCUT2D eigenvalue weighted by atomic mass is 19.1. The summed E-state index contributed by atoms with van der Waals surface area (Å²) in [4.78, 5) is 30.9. The van der Waals surface area contributed by atoms with Crippen LogP contribution in [0, 0.1) is 11.6 Å². The summed E-state index contributed by atoms with van der Waals surface area (Å²) in [6.45, 7) is 0.980. The lowest BCUT2D eigenvalue weighted by Gasteiger charge is -2.32. The largest absolute Gasteiger partial charge is 0.444 e. The van der Waals surface area contributed by atoms with Gasteiger partial charge in [0.25, 0.3) is 5.91 Å². The predicted molar refractivity (Wildman–Crippen MR) is 109 cm³/mol. The molecule has 0 atom stereocenters. The van der Waals surface area contributed by atoms with Gasteiger partial charge in [0, 0.05) is 24.7 Å². The van der Waals surface area contributed by atoms with Crippen molar-refractivity contribution >= 4 is 11.8 Å². The lowest BCUT2D eigenvalue weighted by molar-refractivity contribution is -0.131. The molecule has 8 heteroatoms. The van der Waals surface area contributed by atoms with Gasteiger partial charge in [0.2, 0.25) is 11.8 Å². The Morgan fingerprint density at radius 2 is 1.77 bits per heavy atom. The van der Waals surface area contributed by atoms with Gasteiger partial charge < -0.3 is 14.6 Å². The lowest BCUT2D eigenvalue weighted by Crippen LogP contribution is -2.47. The number of aromatic nitrogens is 1. The van der Waals surface area contributed by atoms with Crippen LogP contribution < -0.4 is 5.32 Å². The number of amides is 2. The molecule has 0 radical (unpaired) electrons. The molecule has 2 amide bonds. The number of carbonyl (C=O) groups is 2. The third-order valence-electron chi connectivity index (χ3n) is 5.28. The Morgan fingerprint density at radius 1 is 1.06 bits per heavy atom. The number of carbonyl (C=O) groups excluding carboxylic acids is 2. The molecule has 1 fully saturated rings. The molecule has 1 aliphatic rings. The second-order valence-corrected chi connectivity index (χ2v) is 7.44. The first kappa shape index (κ1) is 20.7. The molecule has 160 valence electrons. The minimum absolute atomic E-state index is 0.0176. The van der Waals surface area contributed by atoms with Crippen LogP contribution in [0.25, 0.3) is 11.5 Å². The van der Waals surface area contributed by atoms with Crippen molar-refractivity contribution in [1.82, 2.24) is 15.2 Å². The Kier molecular flexibility index (Phi) is 6.06. The molecule has 2 heterocycles. The first-order chi connectivity index (χ1) is 15.0. The van der Waals surface area contributed by atoms with Gasteiger partial charge in [-0.1, -0.05) is 12.1 Å². The molecule has 0 unspecified atom stereocenters. The van der Waals surface area contributed by atoms with E-state index in [2.05, 4.69) is 10.3 Å². The topological polar surface area (TPSA) is 75.4 Å². The number of piperidine rings is 1. The third kappa shape index (κ3) is 4.96. The summed E-state index contributed by atoms with van der Waals surface area (Å²) in [7, 11) is 0. The first-order valence-electron chi connectivity index (χ1n) is 10.0. The molecule has 4 rings (SSSR count). The van der Waals surface area contributed by atoms with Crippen LogP contribution in [-0.4, -0.2) is 40.8 Å². The van der Waals surface area contributed by atoms with E-state index in [9.17, 15) is 18.4 Å². The number of oxazole rings is 1. The molecule has 0 aliphatic carbocycles. The molecular weight excluding hydrogens is 404 g/mol. The van der Waals surface area contributed by atoms with Gasteiger partial charge in [0.15, 0.2) is 0 Å². The Balaban J connectivity index is 1.28. The van der Waals surface area contributed by atoms with E-state index in [4.69, 9.17) is 4.42 Å². The van der Waals surface area contributed by atoms with Gasteiger partial charge in [-0.15, -0.1) is 0 Å². The Bertz CT molecular complexity index is 1070. The standard InChI is InChI=1S/C23H21F2N3O3/c24-16-7-5-15(6-8-16)23-27-18(14-31-23)13-21(29)28-11-9-17(10-12-28)26-22(30)19-3-1-2-4-20(19)25/h1-8,14,17H,9-13H2,(H,26,30). The van der Waals surface area contributed by atoms with Crippen molar-refractivity contribution in [3.63, 3.8) is 0 Å². The molecule has 1 saturated heterocycles. The SMILES string of the molecule is O=C(NC1CCN(C(=O)Cc2coc(-c3ccc(F)cc3)n2)CC1)c1ccccc1F. The van der Waals surface area contributed by atoms with Gasteiger partial charge in [-0.2, -0.15) is 0 Å². The van der Waals surface area contributed by atoms with E-state index in [0.717, 1.165) is 0 Å². The van der Waals surface area contributed by atoms with E-state index >= 15 is 0 Å². The van der Waals surface area contributed by atoms with E-state index in [1.54, 1.807) is 23.1 Å². The normalized spacial score (nSPS) is 14.5. The maximum Gasteiger partial charge on any atom is 0.254 e. The summed E-state index contributed by atoms with van der Waals surface area (Å²) in [6.07, 6.45) is 2.70. The van der Waals surface area contributed by atoms with Gasteiger partial charge in [0.1, 0.15) is 17.9 Å². The summed E-state index contributed by atoms with van der Waals surface area (Å²) < 4.78 is 32.2. The fourth-order valence-corrected chi connectivity index (χ4v) is 3.56. The molecule has 6 nitrogen and oxygen atoms in total. The van der Waals surface area contributed by atoms with E-state index in [-0.39, 0.29) is 29.8 Å². The van der Waals surface area contributed by atoms with Crippen LogP contribution >= 0.6 is 0 Å². The van der Waals surface area contributed by atoms with Crippen LogP contribution in [0.3, 0.4) is 0 Å². The van der Waals surface area contributed by atoms with E-state index in [1.807, 2.05) is 0 Å². The Labute approximate surface area is 177 Å². The molecule has 1 N–H and O–H groups in total. The average molecular weight is 425 g/mol. The second kappa shape index (κ2) is 9.07. The fraction of sp³-hybridized carbons (Fsp3) is 0.261. The van der Waals surface area contributed by atoms with Crippen LogP contribution in [0.2, 0.25) is 0 Å². The summed E-state index contributed by atoms with van der Waals surface area (Å²) in [5, 5.41) is 2.84. The quantitative estimate of drug-likeness (QED) is 0.678. The lowest BCUT2D eigenvalue weighted by atomic mass is 10.0.